The van der Waals surface area contributed by atoms with Crippen LogP contribution in [0.15, 0.2) is 95.5 Å². The Bertz CT molecular complexity index is 1230. The third kappa shape index (κ3) is 4.64. The number of nitrogens with one attached hydrogen (secondary N) is 2. The Labute approximate surface area is 193 Å². The largest absolute Gasteiger partial charge is 0.347 e. The fourth-order valence-electron chi connectivity index (χ4n) is 3.43. The fraction of sp³-hybridized carbons (Fsp3) is 0.0400. The molecule has 32 heavy (non-hydrogen) atoms. The van der Waals surface area contributed by atoms with Crippen LogP contribution in [0.2, 0.25) is 0 Å². The molecule has 6 nitrogen and oxygen atoms in total. The summed E-state index contributed by atoms with van der Waals surface area (Å²) >= 11 is 3.46. The minimum absolute atomic E-state index is 0.215. The van der Waals surface area contributed by atoms with Crippen molar-refractivity contribution < 1.29 is 14.8 Å². The Kier molecular flexibility index (Phi) is 6.49. The highest BCUT2D eigenvalue weighted by atomic mass is 79.9. The SMILES string of the molecule is O=C(NO)c1ccc(CNC(=O)c2ccc(-c3ccccc3)n2-c2ccc(Br)cc2)cc1. The number of halogens is 1. The summed E-state index contributed by atoms with van der Waals surface area (Å²) in [5, 5.41) is 11.7. The van der Waals surface area contributed by atoms with Gasteiger partial charge in [0.25, 0.3) is 11.8 Å². The van der Waals surface area contributed by atoms with Crippen molar-refractivity contribution in [3.05, 3.63) is 112 Å². The molecule has 0 radical (unpaired) electrons. The second-order valence-electron chi connectivity index (χ2n) is 7.10. The molecule has 0 saturated carbocycles. The molecular formula is C25H20BrN3O3. The lowest BCUT2D eigenvalue weighted by Gasteiger charge is -2.14. The number of nitrogens with zero attached hydrogens (tertiary/aromatic N) is 1. The van der Waals surface area contributed by atoms with Crippen LogP contribution >= 0.6 is 15.9 Å². The summed E-state index contributed by atoms with van der Waals surface area (Å²) in [7, 11) is 0. The predicted octanol–water partition coefficient (Wildman–Crippen LogP) is 4.96. The number of aromatic nitrogens is 1. The molecule has 0 atom stereocenters. The van der Waals surface area contributed by atoms with Crippen LogP contribution in [-0.4, -0.2) is 21.6 Å². The average Bonchev–Trinajstić information content (AvgIpc) is 3.28. The summed E-state index contributed by atoms with van der Waals surface area (Å²) in [6.45, 7) is 0.298. The minimum Gasteiger partial charge on any atom is -0.347 e. The zero-order valence-electron chi connectivity index (χ0n) is 17.0. The van der Waals surface area contributed by atoms with E-state index in [9.17, 15) is 9.59 Å². The van der Waals surface area contributed by atoms with Gasteiger partial charge in [-0.25, -0.2) is 5.48 Å². The Morgan fingerprint density at radius 1 is 0.812 bits per heavy atom. The molecule has 0 aliphatic carbocycles. The van der Waals surface area contributed by atoms with Crippen LogP contribution in [-0.2, 0) is 6.54 Å². The molecule has 0 unspecified atom stereocenters. The van der Waals surface area contributed by atoms with Gasteiger partial charge in [0.1, 0.15) is 5.69 Å². The molecule has 0 spiro atoms. The lowest BCUT2D eigenvalue weighted by Crippen LogP contribution is -2.25. The van der Waals surface area contributed by atoms with Crippen molar-refractivity contribution in [2.24, 2.45) is 0 Å². The topological polar surface area (TPSA) is 83.4 Å². The normalized spacial score (nSPS) is 10.6. The van der Waals surface area contributed by atoms with E-state index in [1.54, 1.807) is 29.7 Å². The molecule has 160 valence electrons. The van der Waals surface area contributed by atoms with Crippen molar-refractivity contribution in [2.75, 3.05) is 0 Å². The van der Waals surface area contributed by atoms with E-state index < -0.39 is 5.91 Å². The van der Waals surface area contributed by atoms with E-state index in [-0.39, 0.29) is 5.91 Å². The molecule has 2 amide bonds. The third-order valence-electron chi connectivity index (χ3n) is 5.04. The molecule has 4 aromatic rings. The van der Waals surface area contributed by atoms with Crippen LogP contribution in [0.25, 0.3) is 16.9 Å². The van der Waals surface area contributed by atoms with Gasteiger partial charge >= 0.3 is 0 Å². The summed E-state index contributed by atoms with van der Waals surface area (Å²) in [6.07, 6.45) is 0. The molecule has 0 bridgehead atoms. The van der Waals surface area contributed by atoms with Gasteiger partial charge in [0, 0.05) is 22.3 Å². The maximum Gasteiger partial charge on any atom is 0.274 e. The highest BCUT2D eigenvalue weighted by Crippen LogP contribution is 2.27. The van der Waals surface area contributed by atoms with Gasteiger partial charge in [-0.1, -0.05) is 58.4 Å². The number of hydroxylamine groups is 1. The highest BCUT2D eigenvalue weighted by Gasteiger charge is 2.17. The quantitative estimate of drug-likeness (QED) is 0.264. The smallest absolute Gasteiger partial charge is 0.274 e. The molecule has 0 saturated heterocycles. The lowest BCUT2D eigenvalue weighted by molar-refractivity contribution is 0.0706. The third-order valence-corrected chi connectivity index (χ3v) is 5.57. The summed E-state index contributed by atoms with van der Waals surface area (Å²) in [6, 6.07) is 28.1. The van der Waals surface area contributed by atoms with Gasteiger partial charge in [-0.05, 0) is 59.7 Å². The molecule has 7 heteroatoms. The molecule has 0 aliphatic heterocycles. The number of hydrogen-bond acceptors (Lipinski definition) is 3. The maximum absolute atomic E-state index is 13.1. The van der Waals surface area contributed by atoms with Crippen molar-refractivity contribution >= 4 is 27.7 Å². The van der Waals surface area contributed by atoms with Crippen molar-refractivity contribution in [1.29, 1.82) is 0 Å². The molecule has 3 aromatic carbocycles. The van der Waals surface area contributed by atoms with E-state index >= 15 is 0 Å². The predicted molar refractivity (Wildman–Crippen MR) is 126 cm³/mol. The number of carbonyl (C=O) groups is 2. The second kappa shape index (κ2) is 9.64. The highest BCUT2D eigenvalue weighted by molar-refractivity contribution is 9.10. The van der Waals surface area contributed by atoms with Crippen molar-refractivity contribution in [3.8, 4) is 16.9 Å². The Morgan fingerprint density at radius 2 is 1.50 bits per heavy atom. The van der Waals surface area contributed by atoms with E-state index in [4.69, 9.17) is 5.21 Å². The van der Waals surface area contributed by atoms with Crippen molar-refractivity contribution in [3.63, 3.8) is 0 Å². The number of rotatable bonds is 6. The van der Waals surface area contributed by atoms with Gasteiger partial charge in [-0.3, -0.25) is 14.8 Å². The second-order valence-corrected chi connectivity index (χ2v) is 8.02. The van der Waals surface area contributed by atoms with Gasteiger partial charge in [0.15, 0.2) is 0 Å². The summed E-state index contributed by atoms with van der Waals surface area (Å²) < 4.78 is 2.89. The van der Waals surface area contributed by atoms with Crippen LogP contribution in [0.3, 0.4) is 0 Å². The van der Waals surface area contributed by atoms with Crippen LogP contribution < -0.4 is 10.8 Å². The van der Waals surface area contributed by atoms with E-state index in [0.29, 0.717) is 17.8 Å². The van der Waals surface area contributed by atoms with Gasteiger partial charge in [0.05, 0.1) is 5.69 Å². The molecule has 4 rings (SSSR count). The van der Waals surface area contributed by atoms with E-state index in [1.165, 1.54) is 0 Å². The monoisotopic (exact) mass is 489 g/mol. The molecular weight excluding hydrogens is 470 g/mol. The maximum atomic E-state index is 13.1. The first-order valence-electron chi connectivity index (χ1n) is 9.91. The zero-order valence-corrected chi connectivity index (χ0v) is 18.5. The van der Waals surface area contributed by atoms with Crippen LogP contribution in [0, 0.1) is 0 Å². The fourth-order valence-corrected chi connectivity index (χ4v) is 3.69. The van der Waals surface area contributed by atoms with Gasteiger partial charge in [-0.2, -0.15) is 0 Å². The summed E-state index contributed by atoms with van der Waals surface area (Å²) in [5.41, 5.74) is 6.08. The standard InChI is InChI=1S/C25H20BrN3O3/c26-20-10-12-21(13-11-20)29-22(18-4-2-1-3-5-18)14-15-23(29)25(31)27-16-17-6-8-19(9-7-17)24(30)28-32/h1-15,32H,16H2,(H,27,31)(H,28,30). The van der Waals surface area contributed by atoms with Crippen molar-refractivity contribution in [2.45, 2.75) is 6.54 Å². The summed E-state index contributed by atoms with van der Waals surface area (Å²) in [4.78, 5) is 24.6. The molecule has 1 heterocycles. The molecule has 3 N–H and O–H groups in total. The Morgan fingerprint density at radius 3 is 2.16 bits per heavy atom. The number of carbonyl (C=O) groups excluding carboxylic acids is 2. The lowest BCUT2D eigenvalue weighted by atomic mass is 10.1. The van der Waals surface area contributed by atoms with Crippen molar-refractivity contribution in [1.82, 2.24) is 15.4 Å². The first-order valence-corrected chi connectivity index (χ1v) is 10.7. The first kappa shape index (κ1) is 21.5. The van der Waals surface area contributed by atoms with Crippen LogP contribution in [0.1, 0.15) is 26.4 Å². The van der Waals surface area contributed by atoms with Gasteiger partial charge < -0.3 is 9.88 Å². The summed E-state index contributed by atoms with van der Waals surface area (Å²) in [5.74, 6) is -0.798. The van der Waals surface area contributed by atoms with E-state index in [0.717, 1.165) is 27.0 Å². The number of hydrogen-bond donors (Lipinski definition) is 3. The Balaban J connectivity index is 1.61. The minimum atomic E-state index is -0.582. The van der Waals surface area contributed by atoms with Crippen LogP contribution in [0.4, 0.5) is 0 Å². The first-order chi connectivity index (χ1) is 15.6. The van der Waals surface area contributed by atoms with E-state index in [2.05, 4.69) is 21.2 Å². The zero-order chi connectivity index (χ0) is 22.5. The van der Waals surface area contributed by atoms with E-state index in [1.807, 2.05) is 71.3 Å². The van der Waals surface area contributed by atoms with Crippen LogP contribution in [0.5, 0.6) is 0 Å². The molecule has 1 aromatic heterocycles. The number of amides is 2. The average molecular weight is 490 g/mol. The molecule has 0 fully saturated rings. The van der Waals surface area contributed by atoms with Gasteiger partial charge in [-0.15, -0.1) is 0 Å². The van der Waals surface area contributed by atoms with Gasteiger partial charge in [0.2, 0.25) is 0 Å². The number of benzene rings is 3. The molecule has 0 aliphatic rings. The Hall–Kier alpha value is -3.68.